The van der Waals surface area contributed by atoms with Crippen molar-refractivity contribution < 1.29 is 23.9 Å². The second kappa shape index (κ2) is 10.4. The summed E-state index contributed by atoms with van der Waals surface area (Å²) in [5.41, 5.74) is 1.20. The molecule has 1 aliphatic heterocycles. The molecule has 31 heavy (non-hydrogen) atoms. The van der Waals surface area contributed by atoms with Crippen molar-refractivity contribution in [3.63, 3.8) is 0 Å². The number of hydrogen-bond acceptors (Lipinski definition) is 6. The summed E-state index contributed by atoms with van der Waals surface area (Å²) in [4.78, 5) is 38.5. The molecule has 3 rings (SSSR count). The van der Waals surface area contributed by atoms with Gasteiger partial charge in [0.25, 0.3) is 11.1 Å². The molecule has 0 saturated carbocycles. The maximum Gasteiger partial charge on any atom is 0.294 e. The van der Waals surface area contributed by atoms with Gasteiger partial charge in [-0.2, -0.15) is 0 Å². The number of amides is 3. The normalized spacial score (nSPS) is 14.8. The van der Waals surface area contributed by atoms with Gasteiger partial charge in [0.05, 0.1) is 22.2 Å². The van der Waals surface area contributed by atoms with E-state index in [9.17, 15) is 14.4 Å². The van der Waals surface area contributed by atoms with Crippen LogP contribution in [-0.2, 0) is 9.59 Å². The maximum absolute atomic E-state index is 12.7. The molecule has 10 heteroatoms. The molecule has 2 aromatic carbocycles. The van der Waals surface area contributed by atoms with E-state index in [4.69, 9.17) is 21.1 Å². The number of carbonyl (C=O) groups is 3. The summed E-state index contributed by atoms with van der Waals surface area (Å²) in [5, 5.41) is 2.67. The predicted molar refractivity (Wildman–Crippen MR) is 130 cm³/mol. The molecular weight excluding hydrogens is 555 g/mol. The lowest BCUT2D eigenvalue weighted by atomic mass is 10.2. The molecule has 1 N–H and O–H groups in total. The average molecular weight is 573 g/mol. The smallest absolute Gasteiger partial charge is 0.294 e. The van der Waals surface area contributed by atoms with Gasteiger partial charge in [-0.05, 0) is 89.3 Å². The first-order valence-corrected chi connectivity index (χ1v) is 11.4. The second-order valence-corrected chi connectivity index (χ2v) is 8.88. The molecular formula is C21H18ClIN2O5S. The molecule has 0 bridgehead atoms. The minimum atomic E-state index is -0.524. The van der Waals surface area contributed by atoms with E-state index >= 15 is 0 Å². The number of imide groups is 1. The van der Waals surface area contributed by atoms with E-state index < -0.39 is 17.1 Å². The minimum absolute atomic E-state index is 0.228. The van der Waals surface area contributed by atoms with Gasteiger partial charge in [-0.1, -0.05) is 11.6 Å². The van der Waals surface area contributed by atoms with Gasteiger partial charge in [0.2, 0.25) is 5.91 Å². The van der Waals surface area contributed by atoms with Crippen LogP contribution in [0.25, 0.3) is 6.08 Å². The first kappa shape index (κ1) is 23.4. The molecule has 1 saturated heterocycles. The molecule has 3 amide bonds. The number of anilines is 1. The van der Waals surface area contributed by atoms with Gasteiger partial charge in [-0.3, -0.25) is 19.3 Å². The number of hydrogen-bond donors (Lipinski definition) is 1. The minimum Gasteiger partial charge on any atom is -0.493 e. The van der Waals surface area contributed by atoms with Crippen LogP contribution in [0.5, 0.6) is 11.5 Å². The van der Waals surface area contributed by atoms with E-state index in [1.165, 1.54) is 7.11 Å². The van der Waals surface area contributed by atoms with Crippen LogP contribution in [0.2, 0.25) is 5.02 Å². The van der Waals surface area contributed by atoms with Crippen LogP contribution in [0.3, 0.4) is 0 Å². The highest BCUT2D eigenvalue weighted by Gasteiger charge is 2.36. The van der Waals surface area contributed by atoms with Crippen molar-refractivity contribution in [1.82, 2.24) is 4.90 Å². The number of nitrogens with zero attached hydrogens (tertiary/aromatic N) is 1. The van der Waals surface area contributed by atoms with Gasteiger partial charge in [-0.25, -0.2) is 0 Å². The summed E-state index contributed by atoms with van der Waals surface area (Å²) >= 11 is 8.73. The first-order valence-electron chi connectivity index (χ1n) is 9.13. The van der Waals surface area contributed by atoms with Gasteiger partial charge < -0.3 is 14.8 Å². The van der Waals surface area contributed by atoms with Crippen LogP contribution >= 0.6 is 46.0 Å². The molecule has 0 unspecified atom stereocenters. The Hall–Kier alpha value is -2.24. The summed E-state index contributed by atoms with van der Waals surface area (Å²) in [5.74, 6) is 0.142. The lowest BCUT2D eigenvalue weighted by Crippen LogP contribution is -2.36. The van der Waals surface area contributed by atoms with Crippen molar-refractivity contribution in [2.24, 2.45) is 0 Å². The van der Waals surface area contributed by atoms with Crippen LogP contribution < -0.4 is 14.8 Å². The van der Waals surface area contributed by atoms with Gasteiger partial charge >= 0.3 is 0 Å². The summed E-state index contributed by atoms with van der Waals surface area (Å²) in [6.07, 6.45) is 1.60. The zero-order valence-corrected chi connectivity index (χ0v) is 20.3. The lowest BCUT2D eigenvalue weighted by molar-refractivity contribution is -0.127. The topological polar surface area (TPSA) is 84.9 Å². The summed E-state index contributed by atoms with van der Waals surface area (Å²) in [6, 6.07) is 10.1. The van der Waals surface area contributed by atoms with Crippen molar-refractivity contribution in [1.29, 1.82) is 0 Å². The van der Waals surface area contributed by atoms with Crippen molar-refractivity contribution >= 4 is 74.8 Å². The lowest BCUT2D eigenvalue weighted by Gasteiger charge is -2.13. The number of rotatable bonds is 7. The Morgan fingerprint density at radius 1 is 1.26 bits per heavy atom. The Balaban J connectivity index is 1.75. The zero-order chi connectivity index (χ0) is 22.5. The predicted octanol–water partition coefficient (Wildman–Crippen LogP) is 5.03. The molecule has 0 atom stereocenters. The number of halogens is 2. The van der Waals surface area contributed by atoms with Crippen LogP contribution in [-0.4, -0.2) is 42.2 Å². The largest absolute Gasteiger partial charge is 0.493 e. The fraction of sp³-hybridized carbons (Fsp3) is 0.190. The van der Waals surface area contributed by atoms with E-state index in [1.807, 2.05) is 13.0 Å². The van der Waals surface area contributed by atoms with E-state index in [2.05, 4.69) is 27.9 Å². The molecule has 1 fully saturated rings. The number of benzene rings is 2. The molecule has 1 heterocycles. The molecule has 0 spiro atoms. The molecule has 1 aliphatic rings. The summed E-state index contributed by atoms with van der Waals surface area (Å²) in [7, 11) is 1.53. The Labute approximate surface area is 202 Å². The Morgan fingerprint density at radius 2 is 1.97 bits per heavy atom. The molecule has 0 aliphatic carbocycles. The fourth-order valence-electron chi connectivity index (χ4n) is 2.77. The monoisotopic (exact) mass is 572 g/mol. The molecule has 162 valence electrons. The Bertz CT molecular complexity index is 1060. The number of ether oxygens (including phenoxy) is 2. The number of thioether (sulfide) groups is 1. The van der Waals surface area contributed by atoms with Crippen molar-refractivity contribution in [3.8, 4) is 11.5 Å². The van der Waals surface area contributed by atoms with Gasteiger partial charge in [0.15, 0.2) is 11.5 Å². The third kappa shape index (κ3) is 5.72. The highest BCUT2D eigenvalue weighted by molar-refractivity contribution is 14.1. The van der Waals surface area contributed by atoms with E-state index in [0.29, 0.717) is 34.4 Å². The maximum atomic E-state index is 12.7. The number of carbonyl (C=O) groups excluding carboxylic acids is 3. The van der Waals surface area contributed by atoms with Crippen LogP contribution in [0.4, 0.5) is 10.5 Å². The van der Waals surface area contributed by atoms with Crippen molar-refractivity contribution in [2.75, 3.05) is 25.6 Å². The highest BCUT2D eigenvalue weighted by Crippen LogP contribution is 2.37. The third-order valence-corrected chi connectivity index (χ3v) is 6.10. The summed E-state index contributed by atoms with van der Waals surface area (Å²) < 4.78 is 11.8. The molecule has 2 aromatic rings. The van der Waals surface area contributed by atoms with E-state index in [0.717, 1.165) is 20.2 Å². The zero-order valence-electron chi connectivity index (χ0n) is 16.6. The Morgan fingerprint density at radius 3 is 2.61 bits per heavy atom. The number of methoxy groups -OCH3 is 1. The van der Waals surface area contributed by atoms with Crippen LogP contribution in [0.15, 0.2) is 41.3 Å². The quantitative estimate of drug-likeness (QED) is 0.370. The molecule has 0 aromatic heterocycles. The van der Waals surface area contributed by atoms with E-state index in [-0.39, 0.29) is 11.4 Å². The van der Waals surface area contributed by atoms with Gasteiger partial charge in [0, 0.05) is 10.7 Å². The van der Waals surface area contributed by atoms with Crippen molar-refractivity contribution in [3.05, 3.63) is 55.5 Å². The molecule has 0 radical (unpaired) electrons. The van der Waals surface area contributed by atoms with Gasteiger partial charge in [-0.15, -0.1) is 0 Å². The summed E-state index contributed by atoms with van der Waals surface area (Å²) in [6.45, 7) is 1.99. The fourth-order valence-corrected chi connectivity index (χ4v) is 4.52. The third-order valence-electron chi connectivity index (χ3n) is 4.14. The van der Waals surface area contributed by atoms with E-state index in [1.54, 1.807) is 36.4 Å². The van der Waals surface area contributed by atoms with Crippen LogP contribution in [0.1, 0.15) is 12.5 Å². The molecule has 7 nitrogen and oxygen atoms in total. The Kier molecular flexibility index (Phi) is 7.84. The first-order chi connectivity index (χ1) is 14.8. The number of nitrogens with one attached hydrogen (secondary N) is 1. The SMILES string of the molecule is CCOc1c(I)cc(/C=C2/SC(=O)N(CC(=O)Nc3ccc(Cl)cc3)C2=O)cc1OC. The standard InChI is InChI=1S/C21H18ClIN2O5S/c1-3-30-19-15(23)8-12(9-16(19)29-2)10-17-20(27)25(21(28)31-17)11-18(26)24-14-6-4-13(22)5-7-14/h4-10H,3,11H2,1-2H3,(H,24,26)/b17-10+. The second-order valence-electron chi connectivity index (χ2n) is 6.29. The average Bonchev–Trinajstić information content (AvgIpc) is 2.98. The highest BCUT2D eigenvalue weighted by atomic mass is 127. The van der Waals surface area contributed by atoms with Gasteiger partial charge in [0.1, 0.15) is 6.54 Å². The van der Waals surface area contributed by atoms with Crippen molar-refractivity contribution in [2.45, 2.75) is 6.92 Å². The van der Waals surface area contributed by atoms with Crippen LogP contribution in [0, 0.1) is 3.57 Å².